The molecule has 1 aliphatic rings. The predicted octanol–water partition coefficient (Wildman–Crippen LogP) is 9.96. The van der Waals surface area contributed by atoms with Crippen LogP contribution in [0.3, 0.4) is 0 Å². The zero-order chi connectivity index (χ0) is 37.1. The second-order valence-electron chi connectivity index (χ2n) is 18.7. The van der Waals surface area contributed by atoms with E-state index in [9.17, 15) is 5.11 Å². The minimum Gasteiger partial charge on any atom is -0.415 e. The van der Waals surface area contributed by atoms with Gasteiger partial charge in [0, 0.05) is 24.5 Å². The summed E-state index contributed by atoms with van der Waals surface area (Å²) >= 11 is 0. The largest absolute Gasteiger partial charge is 0.415 e. The van der Waals surface area contributed by atoms with Crippen molar-refractivity contribution in [2.75, 3.05) is 26.2 Å². The highest BCUT2D eigenvalue weighted by molar-refractivity contribution is 6.75. The van der Waals surface area contributed by atoms with Crippen LogP contribution in [-0.4, -0.2) is 85.6 Å². The van der Waals surface area contributed by atoms with Crippen molar-refractivity contribution in [2.24, 2.45) is 5.11 Å². The van der Waals surface area contributed by atoms with Crippen LogP contribution in [0.4, 0.5) is 0 Å². The summed E-state index contributed by atoms with van der Waals surface area (Å²) in [5.74, 6) is 0. The molecule has 2 rings (SSSR count). The second-order valence-corrected chi connectivity index (χ2v) is 33.0. The number of azide groups is 1. The summed E-state index contributed by atoms with van der Waals surface area (Å²) in [4.78, 5) is 5.34. The number of allylic oxidation sites excluding steroid dienone is 1. The van der Waals surface area contributed by atoms with Crippen LogP contribution in [0.15, 0.2) is 29.9 Å². The smallest absolute Gasteiger partial charge is 0.192 e. The minimum atomic E-state index is -2.26. The summed E-state index contributed by atoms with van der Waals surface area (Å²) in [5.41, 5.74) is 13.2. The number of likely N-dealkylation sites (tertiary alicyclic amines) is 1. The molecule has 48 heavy (non-hydrogen) atoms. The highest BCUT2D eigenvalue weighted by Crippen LogP contribution is 2.43. The van der Waals surface area contributed by atoms with Gasteiger partial charge in [0.05, 0.1) is 31.0 Å². The van der Waals surface area contributed by atoms with Gasteiger partial charge in [-0.1, -0.05) is 97.8 Å². The van der Waals surface area contributed by atoms with Gasteiger partial charge in [0.15, 0.2) is 25.0 Å². The molecule has 8 nitrogen and oxygen atoms in total. The normalized spacial score (nSPS) is 22.0. The van der Waals surface area contributed by atoms with Crippen LogP contribution >= 0.6 is 0 Å². The van der Waals surface area contributed by atoms with E-state index < -0.39 is 37.2 Å². The van der Waals surface area contributed by atoms with Gasteiger partial charge in [-0.2, -0.15) is 0 Å². The van der Waals surface area contributed by atoms with E-state index in [0.29, 0.717) is 26.1 Å². The zero-order valence-corrected chi connectivity index (χ0v) is 36.5. The van der Waals surface area contributed by atoms with Crippen LogP contribution in [0.5, 0.6) is 0 Å². The van der Waals surface area contributed by atoms with Crippen LogP contribution < -0.4 is 0 Å². The molecule has 1 heterocycles. The molecule has 0 aliphatic carbocycles. The summed E-state index contributed by atoms with van der Waals surface area (Å²) in [5, 5.41) is 16.3. The van der Waals surface area contributed by atoms with Gasteiger partial charge >= 0.3 is 0 Å². The number of aliphatic hydroxyl groups excluding tert-OH is 1. The van der Waals surface area contributed by atoms with Crippen LogP contribution in [-0.2, 0) is 26.1 Å². The average molecular weight is 719 g/mol. The molecule has 2 unspecified atom stereocenters. The van der Waals surface area contributed by atoms with Crippen molar-refractivity contribution in [1.82, 2.24) is 4.90 Å². The molecule has 1 aromatic rings. The van der Waals surface area contributed by atoms with Crippen molar-refractivity contribution >= 4 is 30.5 Å². The highest BCUT2D eigenvalue weighted by atomic mass is 28.4. The molecular formula is C37H70N4O4Si3. The Morgan fingerprint density at radius 1 is 0.875 bits per heavy atom. The summed E-state index contributed by atoms with van der Waals surface area (Å²) in [7, 11) is -6.57. The van der Waals surface area contributed by atoms with E-state index in [0.717, 1.165) is 29.7 Å². The second kappa shape index (κ2) is 15.9. The molecule has 0 aromatic heterocycles. The van der Waals surface area contributed by atoms with E-state index in [1.807, 2.05) is 6.92 Å². The van der Waals surface area contributed by atoms with Gasteiger partial charge in [0.1, 0.15) is 0 Å². The van der Waals surface area contributed by atoms with Crippen molar-refractivity contribution in [3.05, 3.63) is 51.9 Å². The summed E-state index contributed by atoms with van der Waals surface area (Å²) in [6.07, 6.45) is -0.00459. The average Bonchev–Trinajstić information content (AvgIpc) is 2.91. The Labute approximate surface area is 297 Å². The van der Waals surface area contributed by atoms with Crippen LogP contribution in [0.1, 0.15) is 85.9 Å². The van der Waals surface area contributed by atoms with Gasteiger partial charge in [0.25, 0.3) is 0 Å². The first kappa shape index (κ1) is 42.9. The molecule has 1 N–H and O–H groups in total. The van der Waals surface area contributed by atoms with Crippen molar-refractivity contribution in [2.45, 2.75) is 161 Å². The fourth-order valence-electron chi connectivity index (χ4n) is 5.21. The summed E-state index contributed by atoms with van der Waals surface area (Å²) in [6.45, 7) is 42.5. The van der Waals surface area contributed by atoms with E-state index >= 15 is 0 Å². The molecule has 1 saturated heterocycles. The maximum atomic E-state index is 12.5. The first-order chi connectivity index (χ1) is 21.6. The van der Waals surface area contributed by atoms with Crippen LogP contribution in [0.2, 0.25) is 54.4 Å². The number of rotatable bonds is 14. The van der Waals surface area contributed by atoms with Gasteiger partial charge in [0.2, 0.25) is 0 Å². The maximum Gasteiger partial charge on any atom is 0.192 e. The maximum absolute atomic E-state index is 12.5. The van der Waals surface area contributed by atoms with Gasteiger partial charge in [-0.25, -0.2) is 0 Å². The molecule has 11 heteroatoms. The van der Waals surface area contributed by atoms with Gasteiger partial charge in [-0.15, -0.1) is 0 Å². The van der Waals surface area contributed by atoms with Gasteiger partial charge in [-0.05, 0) is 96.4 Å². The van der Waals surface area contributed by atoms with Crippen molar-refractivity contribution in [3.63, 3.8) is 0 Å². The van der Waals surface area contributed by atoms with Crippen LogP contribution in [0, 0.1) is 0 Å². The van der Waals surface area contributed by atoms with Crippen molar-refractivity contribution in [1.29, 1.82) is 0 Å². The number of piperidine rings is 1. The minimum absolute atomic E-state index is 0.0108. The molecule has 0 radical (unpaired) electrons. The van der Waals surface area contributed by atoms with Gasteiger partial charge < -0.3 is 18.4 Å². The molecule has 0 amide bonds. The number of nitrogens with zero attached hydrogens (tertiary/aromatic N) is 4. The molecule has 1 aromatic carbocycles. The third-order valence-corrected chi connectivity index (χ3v) is 25.2. The zero-order valence-electron chi connectivity index (χ0n) is 33.5. The number of hydrogen-bond donors (Lipinski definition) is 1. The Morgan fingerprint density at radius 3 is 1.85 bits per heavy atom. The van der Waals surface area contributed by atoms with E-state index in [4.69, 9.17) is 18.8 Å². The SMILES string of the molecule is C=C(C)c1cc(CCN=[N+]=[N-])cc(CCN2CC(O[Si](C)(C)C(C)(C)C)C(O[Si](C)(C)C(C)(C)C)[C@H](O)[C@H]2CO[Si](C)(C)C(C)(C)C)c1. The predicted molar refractivity (Wildman–Crippen MR) is 211 cm³/mol. The Balaban J connectivity index is 2.59. The summed E-state index contributed by atoms with van der Waals surface area (Å²) < 4.78 is 21.2. The molecule has 1 fully saturated rings. The van der Waals surface area contributed by atoms with E-state index in [1.165, 1.54) is 5.56 Å². The molecule has 0 saturated carbocycles. The Hall–Kier alpha value is -1.28. The lowest BCUT2D eigenvalue weighted by Gasteiger charge is -2.53. The number of aliphatic hydroxyl groups is 1. The lowest BCUT2D eigenvalue weighted by molar-refractivity contribution is -0.133. The first-order valence-corrected chi connectivity index (χ1v) is 26.6. The van der Waals surface area contributed by atoms with Crippen molar-refractivity contribution < 1.29 is 18.4 Å². The highest BCUT2D eigenvalue weighted by Gasteiger charge is 2.52. The molecule has 1 aliphatic heterocycles. The van der Waals surface area contributed by atoms with Gasteiger partial charge in [-0.3, -0.25) is 4.90 Å². The van der Waals surface area contributed by atoms with E-state index in [-0.39, 0.29) is 27.3 Å². The standard InChI is InChI=1S/C37H70N4O4Si3/c1-27(2)30-23-28(18-20-39-40-38)22-29(24-30)19-21-41-25-32(44-47(14,15)36(6,7)8)34(45-48(16,17)37(9,10)11)33(42)31(41)26-43-46(12,13)35(3,4)5/h22-24,31-34,42H,1,18-21,25-26H2,2-17H3/t31-,32?,33-,34?/m1/s1. The third kappa shape index (κ3) is 11.1. The fourth-order valence-corrected chi connectivity index (χ4v) is 8.88. The van der Waals surface area contributed by atoms with E-state index in [2.05, 4.69) is 141 Å². The molecule has 0 spiro atoms. The Morgan fingerprint density at radius 2 is 1.38 bits per heavy atom. The molecular weight excluding hydrogens is 649 g/mol. The Bertz CT molecular complexity index is 1290. The monoisotopic (exact) mass is 718 g/mol. The third-order valence-electron chi connectivity index (χ3n) is 11.7. The lowest BCUT2D eigenvalue weighted by Crippen LogP contribution is -2.68. The Kier molecular flexibility index (Phi) is 14.2. The van der Waals surface area contributed by atoms with E-state index in [1.54, 1.807) is 0 Å². The quantitative estimate of drug-likeness (QED) is 0.0894. The molecule has 274 valence electrons. The first-order valence-electron chi connectivity index (χ1n) is 17.8. The molecule has 0 bridgehead atoms. The summed E-state index contributed by atoms with van der Waals surface area (Å²) in [6, 6.07) is 6.34. The fraction of sp³-hybridized carbons (Fsp3) is 0.784. The van der Waals surface area contributed by atoms with Crippen LogP contribution in [0.25, 0.3) is 16.0 Å². The topological polar surface area (TPSA) is 99.9 Å². The number of benzene rings is 1. The number of hydrogen-bond acceptors (Lipinski definition) is 6. The molecule has 4 atom stereocenters. The van der Waals surface area contributed by atoms with Crippen molar-refractivity contribution in [3.8, 4) is 0 Å². The lowest BCUT2D eigenvalue weighted by atomic mass is 9.93.